The lowest BCUT2D eigenvalue weighted by Gasteiger charge is -2.14. The van der Waals surface area contributed by atoms with Gasteiger partial charge in [0, 0.05) is 5.41 Å². The van der Waals surface area contributed by atoms with Crippen LogP contribution in [0.1, 0.15) is 17.5 Å². The second kappa shape index (κ2) is 4.55. The highest BCUT2D eigenvalue weighted by Gasteiger charge is 2.34. The molecule has 0 nitrogen and oxygen atoms in total. The summed E-state index contributed by atoms with van der Waals surface area (Å²) in [6, 6.07) is 17.6. The predicted molar refractivity (Wildman–Crippen MR) is 82.2 cm³/mol. The Kier molecular flexibility index (Phi) is 2.87. The van der Waals surface area contributed by atoms with Crippen molar-refractivity contribution in [2.75, 3.05) is 0 Å². The topological polar surface area (TPSA) is 0 Å². The summed E-state index contributed by atoms with van der Waals surface area (Å²) in [5.41, 5.74) is 5.38. The van der Waals surface area contributed by atoms with Crippen LogP contribution in [0.15, 0.2) is 73.3 Å². The van der Waals surface area contributed by atoms with Crippen molar-refractivity contribution in [1.29, 1.82) is 0 Å². The smallest absolute Gasteiger partial charge is 0.0347 e. The first-order valence-electron chi connectivity index (χ1n) is 6.72. The highest BCUT2D eigenvalue weighted by atomic mass is 14.4. The van der Waals surface area contributed by atoms with E-state index in [9.17, 15) is 0 Å². The molecular weight excluding hydrogens is 228 g/mol. The lowest BCUT2D eigenvalue weighted by molar-refractivity contribution is 0.779. The minimum atomic E-state index is 0.160. The van der Waals surface area contributed by atoms with E-state index in [1.807, 2.05) is 6.08 Å². The van der Waals surface area contributed by atoms with Crippen LogP contribution in [0.4, 0.5) is 0 Å². The van der Waals surface area contributed by atoms with Crippen LogP contribution >= 0.6 is 0 Å². The summed E-state index contributed by atoms with van der Waals surface area (Å²) < 4.78 is 0. The third-order valence-corrected chi connectivity index (χ3v) is 3.86. The lowest BCUT2D eigenvalue weighted by atomic mass is 9.89. The first-order valence-corrected chi connectivity index (χ1v) is 6.72. The van der Waals surface area contributed by atoms with Crippen LogP contribution in [0, 0.1) is 6.92 Å². The zero-order valence-corrected chi connectivity index (χ0v) is 11.3. The molecule has 0 saturated heterocycles. The molecule has 0 fully saturated rings. The van der Waals surface area contributed by atoms with Gasteiger partial charge in [0.2, 0.25) is 0 Å². The number of hydrogen-bond acceptors (Lipinski definition) is 0. The molecule has 19 heavy (non-hydrogen) atoms. The van der Waals surface area contributed by atoms with Crippen LogP contribution in [-0.4, -0.2) is 0 Å². The molecule has 0 aromatic heterocycles. The maximum absolute atomic E-state index is 3.84. The van der Waals surface area contributed by atoms with E-state index in [2.05, 4.69) is 74.2 Å². The molecule has 0 bridgehead atoms. The van der Waals surface area contributed by atoms with Crippen molar-refractivity contribution in [3.63, 3.8) is 0 Å². The van der Waals surface area contributed by atoms with Gasteiger partial charge >= 0.3 is 0 Å². The minimum Gasteiger partial charge on any atom is -0.103 e. The number of rotatable bonds is 4. The molecule has 0 spiro atoms. The Morgan fingerprint density at radius 2 is 1.42 bits per heavy atom. The molecule has 1 aliphatic carbocycles. The Morgan fingerprint density at radius 1 is 0.895 bits per heavy atom. The van der Waals surface area contributed by atoms with Crippen molar-refractivity contribution in [1.82, 2.24) is 0 Å². The summed E-state index contributed by atoms with van der Waals surface area (Å²) >= 11 is 0. The average molecular weight is 246 g/mol. The Morgan fingerprint density at radius 3 is 1.89 bits per heavy atom. The average Bonchev–Trinajstić information content (AvgIpc) is 3.21. The third-order valence-electron chi connectivity index (χ3n) is 3.86. The molecule has 0 aliphatic heterocycles. The summed E-state index contributed by atoms with van der Waals surface area (Å²) in [7, 11) is 0. The summed E-state index contributed by atoms with van der Waals surface area (Å²) in [6.45, 7) is 5.96. The van der Waals surface area contributed by atoms with Gasteiger partial charge in [0.25, 0.3) is 0 Å². The molecule has 0 heteroatoms. The molecule has 1 aliphatic rings. The van der Waals surface area contributed by atoms with Gasteiger partial charge in [0.15, 0.2) is 0 Å². The molecule has 2 aromatic carbocycles. The van der Waals surface area contributed by atoms with E-state index in [0.29, 0.717) is 0 Å². The molecule has 0 amide bonds. The zero-order chi connectivity index (χ0) is 13.3. The molecule has 0 unspecified atom stereocenters. The molecule has 3 rings (SSSR count). The van der Waals surface area contributed by atoms with Crippen molar-refractivity contribution in [2.45, 2.75) is 18.8 Å². The van der Waals surface area contributed by atoms with Gasteiger partial charge < -0.3 is 0 Å². The minimum absolute atomic E-state index is 0.160. The van der Waals surface area contributed by atoms with Gasteiger partial charge in [-0.2, -0.15) is 0 Å². The van der Waals surface area contributed by atoms with Crippen molar-refractivity contribution in [3.05, 3.63) is 84.5 Å². The Balaban J connectivity index is 1.87. The SMILES string of the molecule is C=CCC1(c2ccc(-c3ccc(C)cc3)cc2)C=C1. The van der Waals surface area contributed by atoms with E-state index in [-0.39, 0.29) is 5.41 Å². The van der Waals surface area contributed by atoms with Crippen molar-refractivity contribution < 1.29 is 0 Å². The largest absolute Gasteiger partial charge is 0.103 e. The highest BCUT2D eigenvalue weighted by molar-refractivity contribution is 5.65. The van der Waals surface area contributed by atoms with Gasteiger partial charge in [0.1, 0.15) is 0 Å². The lowest BCUT2D eigenvalue weighted by Crippen LogP contribution is -2.06. The Bertz CT molecular complexity index is 606. The fourth-order valence-corrected chi connectivity index (χ4v) is 2.50. The zero-order valence-electron chi connectivity index (χ0n) is 11.3. The monoisotopic (exact) mass is 246 g/mol. The van der Waals surface area contributed by atoms with E-state index >= 15 is 0 Å². The number of allylic oxidation sites excluding steroid dienone is 3. The normalized spacial score (nSPS) is 15.2. The van der Waals surface area contributed by atoms with E-state index in [4.69, 9.17) is 0 Å². The van der Waals surface area contributed by atoms with Crippen LogP contribution in [-0.2, 0) is 5.41 Å². The Labute approximate surface area is 115 Å². The van der Waals surface area contributed by atoms with E-state index in [0.717, 1.165) is 6.42 Å². The van der Waals surface area contributed by atoms with Crippen molar-refractivity contribution >= 4 is 0 Å². The highest BCUT2D eigenvalue weighted by Crippen LogP contribution is 2.42. The fourth-order valence-electron chi connectivity index (χ4n) is 2.50. The van der Waals surface area contributed by atoms with Gasteiger partial charge in [-0.15, -0.1) is 6.58 Å². The molecule has 0 saturated carbocycles. The van der Waals surface area contributed by atoms with Crippen LogP contribution < -0.4 is 0 Å². The van der Waals surface area contributed by atoms with Crippen LogP contribution in [0.5, 0.6) is 0 Å². The van der Waals surface area contributed by atoms with Gasteiger partial charge in [-0.05, 0) is 30.0 Å². The number of benzene rings is 2. The summed E-state index contributed by atoms with van der Waals surface area (Å²) in [4.78, 5) is 0. The maximum atomic E-state index is 3.84. The summed E-state index contributed by atoms with van der Waals surface area (Å²) in [5.74, 6) is 0. The predicted octanol–water partition coefficient (Wildman–Crippen LogP) is 5.05. The molecule has 0 radical (unpaired) electrons. The molecule has 0 heterocycles. The van der Waals surface area contributed by atoms with Gasteiger partial charge in [-0.25, -0.2) is 0 Å². The third kappa shape index (κ3) is 2.26. The van der Waals surface area contributed by atoms with Crippen LogP contribution in [0.2, 0.25) is 0 Å². The Hall–Kier alpha value is -2.08. The van der Waals surface area contributed by atoms with Gasteiger partial charge in [-0.1, -0.05) is 72.3 Å². The molecule has 0 N–H and O–H groups in total. The van der Waals surface area contributed by atoms with Gasteiger partial charge in [0.05, 0.1) is 0 Å². The second-order valence-corrected chi connectivity index (χ2v) is 5.31. The summed E-state index contributed by atoms with van der Waals surface area (Å²) in [5, 5.41) is 0. The molecule has 2 aromatic rings. The van der Waals surface area contributed by atoms with Gasteiger partial charge in [-0.3, -0.25) is 0 Å². The van der Waals surface area contributed by atoms with Crippen LogP contribution in [0.25, 0.3) is 11.1 Å². The maximum Gasteiger partial charge on any atom is 0.0347 e. The van der Waals surface area contributed by atoms with Crippen molar-refractivity contribution in [2.24, 2.45) is 0 Å². The standard InChI is InChI=1S/C19H18/c1-3-12-19(13-14-19)18-10-8-17(9-11-18)16-6-4-15(2)5-7-16/h3-11,13-14H,1,12H2,2H3. The second-order valence-electron chi connectivity index (χ2n) is 5.31. The fraction of sp³-hybridized carbons (Fsp3) is 0.158. The van der Waals surface area contributed by atoms with Crippen LogP contribution in [0.3, 0.4) is 0 Å². The molecule has 94 valence electrons. The van der Waals surface area contributed by atoms with E-state index < -0.39 is 0 Å². The first kappa shape index (κ1) is 12.0. The van der Waals surface area contributed by atoms with E-state index in [1.54, 1.807) is 0 Å². The number of aryl methyl sites for hydroxylation is 1. The van der Waals surface area contributed by atoms with E-state index in [1.165, 1.54) is 22.3 Å². The first-order chi connectivity index (χ1) is 9.23. The quantitative estimate of drug-likeness (QED) is 0.662. The molecular formula is C19H18. The molecule has 0 atom stereocenters. The van der Waals surface area contributed by atoms with Crippen molar-refractivity contribution in [3.8, 4) is 11.1 Å². The summed E-state index contributed by atoms with van der Waals surface area (Å²) in [6.07, 6.45) is 7.51. The number of hydrogen-bond donors (Lipinski definition) is 0.